The molecular formula is C25H33NO6. The molecule has 7 atom stereocenters. The minimum Gasteiger partial charge on any atom is -0.457 e. The molecule has 3 aliphatic carbocycles. The number of carbonyl (C=O) groups excluding carboxylic acids is 3. The highest BCUT2D eigenvalue weighted by Crippen LogP contribution is 2.66. The molecule has 2 aliphatic heterocycles. The normalized spacial score (nSPS) is 44.2. The summed E-state index contributed by atoms with van der Waals surface area (Å²) in [6, 6.07) is -0.165. The first-order valence-corrected chi connectivity index (χ1v) is 11.7. The number of hydrogen-bond donors (Lipinski definition) is 0. The summed E-state index contributed by atoms with van der Waals surface area (Å²) in [5.74, 6) is -0.306. The Morgan fingerprint density at radius 3 is 2.53 bits per heavy atom. The molecule has 0 aromatic heterocycles. The van der Waals surface area contributed by atoms with Crippen molar-refractivity contribution in [3.63, 3.8) is 0 Å². The number of fused-ring (bicyclic) bond motifs is 1. The highest BCUT2D eigenvalue weighted by Gasteiger charge is 2.69. The molecule has 2 bridgehead atoms. The Morgan fingerprint density at radius 1 is 1.16 bits per heavy atom. The van der Waals surface area contributed by atoms with Crippen LogP contribution in [0.25, 0.3) is 0 Å². The molecule has 0 amide bonds. The molecular weight excluding hydrogens is 410 g/mol. The van der Waals surface area contributed by atoms with Crippen molar-refractivity contribution in [1.29, 1.82) is 0 Å². The highest BCUT2D eigenvalue weighted by atomic mass is 16.6. The van der Waals surface area contributed by atoms with Gasteiger partial charge in [-0.2, -0.15) is 0 Å². The molecule has 32 heavy (non-hydrogen) atoms. The van der Waals surface area contributed by atoms with E-state index >= 15 is 0 Å². The fourth-order valence-electron chi connectivity index (χ4n) is 7.30. The van der Waals surface area contributed by atoms with Crippen molar-refractivity contribution in [2.24, 2.45) is 11.3 Å². The zero-order chi connectivity index (χ0) is 23.1. The Kier molecular flexibility index (Phi) is 4.78. The summed E-state index contributed by atoms with van der Waals surface area (Å²) >= 11 is 0. The highest BCUT2D eigenvalue weighted by molar-refractivity contribution is 5.88. The summed E-state index contributed by atoms with van der Waals surface area (Å²) in [6.07, 6.45) is 7.46. The Balaban J connectivity index is 1.64. The fraction of sp³-hybridized carbons (Fsp3) is 0.720. The van der Waals surface area contributed by atoms with Gasteiger partial charge in [-0.1, -0.05) is 19.1 Å². The molecule has 2 saturated carbocycles. The third kappa shape index (κ3) is 2.83. The molecule has 7 heteroatoms. The van der Waals surface area contributed by atoms with E-state index in [9.17, 15) is 14.4 Å². The van der Waals surface area contributed by atoms with E-state index in [0.29, 0.717) is 25.0 Å². The zero-order valence-corrected chi connectivity index (χ0v) is 19.6. The monoisotopic (exact) mass is 443 g/mol. The molecule has 3 fully saturated rings. The fourth-order valence-corrected chi connectivity index (χ4v) is 7.30. The van der Waals surface area contributed by atoms with Crippen LogP contribution in [0.2, 0.25) is 0 Å². The third-order valence-electron chi connectivity index (χ3n) is 8.76. The lowest BCUT2D eigenvalue weighted by molar-refractivity contribution is -0.191. The van der Waals surface area contributed by atoms with Crippen molar-refractivity contribution in [3.8, 4) is 0 Å². The van der Waals surface area contributed by atoms with Gasteiger partial charge in [0.1, 0.15) is 5.78 Å². The summed E-state index contributed by atoms with van der Waals surface area (Å²) in [5.41, 5.74) is 0.566. The minimum absolute atomic E-state index is 0.163. The number of allylic oxidation sites excluding steroid dienone is 1. The summed E-state index contributed by atoms with van der Waals surface area (Å²) < 4.78 is 18.7. The van der Waals surface area contributed by atoms with Gasteiger partial charge in [0.2, 0.25) is 0 Å². The second-order valence-corrected chi connectivity index (χ2v) is 10.7. The maximum atomic E-state index is 12.8. The van der Waals surface area contributed by atoms with E-state index in [2.05, 4.69) is 19.1 Å². The van der Waals surface area contributed by atoms with Gasteiger partial charge in [-0.05, 0) is 51.8 Å². The summed E-state index contributed by atoms with van der Waals surface area (Å²) in [4.78, 5) is 38.9. The van der Waals surface area contributed by atoms with Crippen molar-refractivity contribution < 1.29 is 28.6 Å². The first kappa shape index (κ1) is 21.8. The van der Waals surface area contributed by atoms with Crippen LogP contribution in [0.1, 0.15) is 59.3 Å². The first-order chi connectivity index (χ1) is 15.0. The number of carbonyl (C=O) groups is 3. The smallest absolute Gasteiger partial charge is 0.303 e. The van der Waals surface area contributed by atoms with Crippen LogP contribution in [0.3, 0.4) is 0 Å². The van der Waals surface area contributed by atoms with Crippen molar-refractivity contribution in [2.75, 3.05) is 14.1 Å². The van der Waals surface area contributed by atoms with E-state index in [1.807, 2.05) is 19.0 Å². The van der Waals surface area contributed by atoms with E-state index < -0.39 is 35.3 Å². The number of ether oxygens (including phenoxy) is 3. The van der Waals surface area contributed by atoms with Gasteiger partial charge in [0.05, 0.1) is 17.2 Å². The van der Waals surface area contributed by atoms with E-state index in [1.54, 1.807) is 0 Å². The van der Waals surface area contributed by atoms with Crippen LogP contribution in [0.5, 0.6) is 0 Å². The summed E-state index contributed by atoms with van der Waals surface area (Å²) in [5, 5.41) is 0. The van der Waals surface area contributed by atoms with Gasteiger partial charge >= 0.3 is 11.9 Å². The number of ketones is 1. The van der Waals surface area contributed by atoms with Gasteiger partial charge in [0.25, 0.3) is 0 Å². The lowest BCUT2D eigenvalue weighted by Gasteiger charge is -2.55. The van der Waals surface area contributed by atoms with Crippen molar-refractivity contribution in [3.05, 3.63) is 23.3 Å². The quantitative estimate of drug-likeness (QED) is 0.620. The van der Waals surface area contributed by atoms with E-state index in [4.69, 9.17) is 14.2 Å². The van der Waals surface area contributed by atoms with Crippen LogP contribution in [-0.4, -0.2) is 66.2 Å². The number of esters is 2. The predicted octanol–water partition coefficient (Wildman–Crippen LogP) is 2.73. The summed E-state index contributed by atoms with van der Waals surface area (Å²) in [6.45, 7) is 4.87. The second-order valence-electron chi connectivity index (χ2n) is 10.7. The predicted molar refractivity (Wildman–Crippen MR) is 116 cm³/mol. The third-order valence-corrected chi connectivity index (χ3v) is 8.76. The van der Waals surface area contributed by atoms with Crippen LogP contribution in [0.4, 0.5) is 0 Å². The number of nitrogens with zero attached hydrogens (tertiary/aromatic N) is 1. The Labute approximate surface area is 189 Å². The van der Waals surface area contributed by atoms with Gasteiger partial charge in [0.15, 0.2) is 12.2 Å². The van der Waals surface area contributed by atoms with Crippen LogP contribution in [0, 0.1) is 11.3 Å². The molecule has 5 aliphatic rings. The van der Waals surface area contributed by atoms with Crippen LogP contribution >= 0.6 is 0 Å². The van der Waals surface area contributed by atoms with Gasteiger partial charge in [-0.25, -0.2) is 0 Å². The van der Waals surface area contributed by atoms with E-state index in [1.165, 1.54) is 13.8 Å². The van der Waals surface area contributed by atoms with Crippen molar-refractivity contribution in [1.82, 2.24) is 4.90 Å². The topological polar surface area (TPSA) is 82.1 Å². The molecule has 7 nitrogen and oxygen atoms in total. The number of likely N-dealkylation sites (N-methyl/N-ethyl adjacent to an activating group) is 1. The van der Waals surface area contributed by atoms with E-state index in [0.717, 1.165) is 30.4 Å². The SMILES string of the molecule is CC(=O)O[C@@H]1C2=CC3=CC[C@]4(C)C(=O)CC[C@H]4C34CC[C@]2(CC(N(C)C)[C@H]1OC(C)=O)O4. The van der Waals surface area contributed by atoms with Crippen LogP contribution in [0.15, 0.2) is 23.3 Å². The molecule has 0 N–H and O–H groups in total. The average molecular weight is 444 g/mol. The largest absolute Gasteiger partial charge is 0.457 e. The lowest BCUT2D eigenvalue weighted by Crippen LogP contribution is -2.63. The van der Waals surface area contributed by atoms with Crippen LogP contribution < -0.4 is 0 Å². The molecule has 2 spiro atoms. The Bertz CT molecular complexity index is 952. The maximum Gasteiger partial charge on any atom is 0.303 e. The van der Waals surface area contributed by atoms with Gasteiger partial charge in [-0.15, -0.1) is 0 Å². The van der Waals surface area contributed by atoms with Gasteiger partial charge in [0, 0.05) is 37.2 Å². The Hall–Kier alpha value is -1.99. The van der Waals surface area contributed by atoms with Crippen molar-refractivity contribution in [2.45, 2.75) is 88.7 Å². The second kappa shape index (κ2) is 7.00. The van der Waals surface area contributed by atoms with E-state index in [-0.39, 0.29) is 17.4 Å². The Morgan fingerprint density at radius 2 is 1.88 bits per heavy atom. The minimum atomic E-state index is -0.701. The van der Waals surface area contributed by atoms with Crippen LogP contribution in [-0.2, 0) is 28.6 Å². The molecule has 1 saturated heterocycles. The molecule has 0 radical (unpaired) electrons. The van der Waals surface area contributed by atoms with Gasteiger partial charge in [-0.3, -0.25) is 14.4 Å². The number of rotatable bonds is 3. The summed E-state index contributed by atoms with van der Waals surface area (Å²) in [7, 11) is 3.90. The first-order valence-electron chi connectivity index (χ1n) is 11.7. The molecule has 2 unspecified atom stereocenters. The number of Topliss-reactive ketones (excluding diaryl/α,β-unsaturated/α-hetero) is 1. The molecule has 174 valence electrons. The molecule has 2 heterocycles. The zero-order valence-electron chi connectivity index (χ0n) is 19.6. The van der Waals surface area contributed by atoms with Gasteiger partial charge < -0.3 is 19.1 Å². The van der Waals surface area contributed by atoms with Crippen molar-refractivity contribution >= 4 is 17.7 Å². The number of hydrogen-bond acceptors (Lipinski definition) is 7. The maximum absolute atomic E-state index is 12.8. The lowest BCUT2D eigenvalue weighted by atomic mass is 9.60. The molecule has 5 rings (SSSR count). The molecule has 0 aromatic rings. The molecule has 0 aromatic carbocycles. The standard InChI is InChI=1S/C25H33NO6/c1-14(27)30-21-17-12-16-8-9-23(3)19(6-7-20(23)29)25(16)11-10-24(17,32-25)13-18(26(4)5)22(21)31-15(2)28/h8,12,18-19,21-22H,6-7,9-11,13H2,1-5H3/t18?,19-,21-,22-,23+,24-,25?/m1/s1. The average Bonchev–Trinajstić information content (AvgIpc) is 3.18.